The van der Waals surface area contributed by atoms with Gasteiger partial charge in [0.1, 0.15) is 5.76 Å². The van der Waals surface area contributed by atoms with Crippen molar-refractivity contribution in [3.8, 4) is 0 Å². The maximum atomic E-state index is 9.70. The van der Waals surface area contributed by atoms with Gasteiger partial charge < -0.3 is 14.6 Å². The highest BCUT2D eigenvalue weighted by Gasteiger charge is 2.67. The van der Waals surface area contributed by atoms with Gasteiger partial charge in [-0.3, -0.25) is 0 Å². The van der Waals surface area contributed by atoms with Gasteiger partial charge >= 0.3 is 0 Å². The number of ether oxygens (including phenoxy) is 2. The summed E-state index contributed by atoms with van der Waals surface area (Å²) in [7, 11) is 0. The van der Waals surface area contributed by atoms with Crippen LogP contribution in [-0.2, 0) is 9.47 Å². The number of aliphatic hydroxyl groups excluding tert-OH is 1. The van der Waals surface area contributed by atoms with E-state index in [1.165, 1.54) is 38.2 Å². The molecule has 11 unspecified atom stereocenters. The van der Waals surface area contributed by atoms with E-state index in [4.69, 9.17) is 9.47 Å². The molecule has 0 spiro atoms. The van der Waals surface area contributed by atoms with Crippen LogP contribution in [0.4, 0.5) is 0 Å². The van der Waals surface area contributed by atoms with Gasteiger partial charge in [-0.1, -0.05) is 19.7 Å². The predicted octanol–water partition coefficient (Wildman–Crippen LogP) is 4.40. The molecule has 0 radical (unpaired) electrons. The molecule has 5 fully saturated rings. The molecule has 5 aliphatic rings. The van der Waals surface area contributed by atoms with Crippen LogP contribution in [0.1, 0.15) is 32.1 Å². The van der Waals surface area contributed by atoms with Crippen molar-refractivity contribution in [2.45, 2.75) is 38.4 Å². The molecule has 1 N–H and O–H groups in total. The van der Waals surface area contributed by atoms with Crippen LogP contribution >= 0.6 is 0 Å². The number of aliphatic hydroxyl groups is 1. The van der Waals surface area contributed by atoms with Gasteiger partial charge in [-0.25, -0.2) is 0 Å². The van der Waals surface area contributed by atoms with Gasteiger partial charge in [-0.05, 0) is 103 Å². The van der Waals surface area contributed by atoms with Crippen LogP contribution in [-0.4, -0.2) is 24.6 Å². The van der Waals surface area contributed by atoms with Crippen LogP contribution in [0.3, 0.4) is 0 Å². The fourth-order valence-corrected chi connectivity index (χ4v) is 8.53. The van der Waals surface area contributed by atoms with E-state index >= 15 is 0 Å². The summed E-state index contributed by atoms with van der Waals surface area (Å²) in [5.41, 5.74) is 0. The van der Waals surface area contributed by atoms with E-state index in [0.717, 1.165) is 65.6 Å². The third-order valence-corrected chi connectivity index (χ3v) is 9.21. The first-order valence-electron chi connectivity index (χ1n) is 11.0. The van der Waals surface area contributed by atoms with Crippen LogP contribution in [0.25, 0.3) is 0 Å². The lowest BCUT2D eigenvalue weighted by molar-refractivity contribution is -0.0874. The van der Waals surface area contributed by atoms with Crippen LogP contribution in [0, 0.1) is 59.2 Å². The minimum atomic E-state index is -0.807. The van der Waals surface area contributed by atoms with Gasteiger partial charge in [0.15, 0.2) is 6.29 Å². The molecule has 0 heterocycles. The van der Waals surface area contributed by atoms with E-state index < -0.39 is 6.29 Å². The van der Waals surface area contributed by atoms with E-state index in [1.54, 1.807) is 6.08 Å². The summed E-state index contributed by atoms with van der Waals surface area (Å²) < 4.78 is 11.6. The average Bonchev–Trinajstić information content (AvgIpc) is 3.45. The van der Waals surface area contributed by atoms with Gasteiger partial charge in [-0.15, -0.1) is 0 Å². The summed E-state index contributed by atoms with van der Waals surface area (Å²) in [6.07, 6.45) is 9.41. The summed E-state index contributed by atoms with van der Waals surface area (Å²) in [4.78, 5) is 0. The summed E-state index contributed by atoms with van der Waals surface area (Å²) in [6.45, 7) is 12.9. The molecule has 5 rings (SSSR count). The molecule has 0 aromatic carbocycles. The van der Waals surface area contributed by atoms with Crippen molar-refractivity contribution >= 4 is 0 Å². The van der Waals surface area contributed by atoms with Gasteiger partial charge in [0, 0.05) is 0 Å². The van der Waals surface area contributed by atoms with E-state index in [1.807, 2.05) is 0 Å². The Labute approximate surface area is 163 Å². The van der Waals surface area contributed by atoms with Gasteiger partial charge in [0.2, 0.25) is 0 Å². The van der Waals surface area contributed by atoms with Crippen LogP contribution in [0.2, 0.25) is 0 Å². The molecular formula is C24H34O3. The second-order valence-corrected chi connectivity index (χ2v) is 9.88. The first-order chi connectivity index (χ1) is 13.1. The SMILES string of the molecule is C=CC(=C)OCC1C2CCC1C1C2CC2C3CC(COC(O)C=C)C(C3)C21. The van der Waals surface area contributed by atoms with Crippen molar-refractivity contribution in [1.29, 1.82) is 0 Å². The second-order valence-electron chi connectivity index (χ2n) is 9.88. The quantitative estimate of drug-likeness (QED) is 0.298. The van der Waals surface area contributed by atoms with Crippen molar-refractivity contribution < 1.29 is 14.6 Å². The monoisotopic (exact) mass is 370 g/mol. The fourth-order valence-electron chi connectivity index (χ4n) is 8.53. The first kappa shape index (κ1) is 18.0. The molecule has 148 valence electrons. The number of allylic oxidation sites excluding steroid dienone is 1. The zero-order valence-electron chi connectivity index (χ0n) is 16.3. The molecule has 0 amide bonds. The van der Waals surface area contributed by atoms with E-state index in [-0.39, 0.29) is 0 Å². The molecule has 11 atom stereocenters. The molecule has 5 aliphatic carbocycles. The third kappa shape index (κ3) is 2.68. The lowest BCUT2D eigenvalue weighted by Gasteiger charge is -2.37. The molecule has 27 heavy (non-hydrogen) atoms. The van der Waals surface area contributed by atoms with Crippen LogP contribution in [0.5, 0.6) is 0 Å². The Balaban J connectivity index is 1.28. The Kier molecular flexibility index (Phi) is 4.52. The fraction of sp³-hybridized carbons (Fsp3) is 0.750. The largest absolute Gasteiger partial charge is 0.494 e. The topological polar surface area (TPSA) is 38.7 Å². The zero-order valence-corrected chi connectivity index (χ0v) is 16.3. The highest BCUT2D eigenvalue weighted by Crippen LogP contribution is 2.73. The Bertz CT molecular complexity index is 627. The van der Waals surface area contributed by atoms with Gasteiger partial charge in [0.05, 0.1) is 13.2 Å². The standard InChI is InChI=1S/C24H34O3/c1-4-13(3)26-12-21-16-6-7-17(21)23-20(16)10-19-14-8-15(11-27-22(25)5-2)18(9-14)24(19)23/h4-5,14-25H,1-3,6-12H2. The molecule has 5 saturated carbocycles. The number of hydrogen-bond donors (Lipinski definition) is 1. The first-order valence-corrected chi connectivity index (χ1v) is 11.0. The maximum Gasteiger partial charge on any atom is 0.173 e. The van der Waals surface area contributed by atoms with Crippen molar-refractivity contribution in [2.24, 2.45) is 59.2 Å². The Morgan fingerprint density at radius 2 is 1.74 bits per heavy atom. The van der Waals surface area contributed by atoms with Crippen LogP contribution in [0.15, 0.2) is 37.6 Å². The minimum Gasteiger partial charge on any atom is -0.494 e. The van der Waals surface area contributed by atoms with Gasteiger partial charge in [-0.2, -0.15) is 0 Å². The molecule has 0 aromatic heterocycles. The summed E-state index contributed by atoms with van der Waals surface area (Å²) >= 11 is 0. The third-order valence-electron chi connectivity index (χ3n) is 9.21. The molecule has 0 saturated heterocycles. The van der Waals surface area contributed by atoms with Crippen LogP contribution < -0.4 is 0 Å². The normalized spacial score (nSPS) is 49.7. The van der Waals surface area contributed by atoms with E-state index in [2.05, 4.69) is 19.7 Å². The van der Waals surface area contributed by atoms with Crippen molar-refractivity contribution in [3.05, 3.63) is 37.6 Å². The number of hydrogen-bond acceptors (Lipinski definition) is 3. The number of rotatable bonds is 8. The zero-order chi connectivity index (χ0) is 18.7. The molecular weight excluding hydrogens is 336 g/mol. The lowest BCUT2D eigenvalue weighted by Crippen LogP contribution is -2.34. The molecule has 4 bridgehead atoms. The Morgan fingerprint density at radius 3 is 2.52 bits per heavy atom. The molecule has 0 aliphatic heterocycles. The lowest BCUT2D eigenvalue weighted by atomic mass is 9.68. The Hall–Kier alpha value is -1.06. The average molecular weight is 371 g/mol. The highest BCUT2D eigenvalue weighted by atomic mass is 16.6. The van der Waals surface area contributed by atoms with Crippen molar-refractivity contribution in [3.63, 3.8) is 0 Å². The van der Waals surface area contributed by atoms with Gasteiger partial charge in [0.25, 0.3) is 0 Å². The molecule has 0 aromatic rings. The predicted molar refractivity (Wildman–Crippen MR) is 105 cm³/mol. The highest BCUT2D eigenvalue weighted by molar-refractivity contribution is 5.16. The molecule has 3 heteroatoms. The smallest absolute Gasteiger partial charge is 0.173 e. The summed E-state index contributed by atoms with van der Waals surface area (Å²) in [5, 5.41) is 9.70. The Morgan fingerprint density at radius 1 is 0.963 bits per heavy atom. The number of fused-ring (bicyclic) bond motifs is 11. The van der Waals surface area contributed by atoms with E-state index in [0.29, 0.717) is 12.5 Å². The van der Waals surface area contributed by atoms with Crippen molar-refractivity contribution in [2.75, 3.05) is 13.2 Å². The minimum absolute atomic E-state index is 0.638. The summed E-state index contributed by atoms with van der Waals surface area (Å²) in [5.74, 6) is 9.28. The van der Waals surface area contributed by atoms with E-state index in [9.17, 15) is 5.11 Å². The maximum absolute atomic E-state index is 9.70. The summed E-state index contributed by atoms with van der Waals surface area (Å²) in [6, 6.07) is 0. The molecule has 3 nitrogen and oxygen atoms in total. The van der Waals surface area contributed by atoms with Crippen molar-refractivity contribution in [1.82, 2.24) is 0 Å². The second kappa shape index (κ2) is 6.77.